The van der Waals surface area contributed by atoms with E-state index in [-0.39, 0.29) is 19.1 Å². The largest absolute Gasteiger partial charge is 0.395 e. The van der Waals surface area contributed by atoms with E-state index in [1.54, 1.807) is 4.90 Å². The van der Waals surface area contributed by atoms with Crippen LogP contribution in [-0.4, -0.2) is 81.3 Å². The van der Waals surface area contributed by atoms with Gasteiger partial charge in [-0.15, -0.1) is 0 Å². The van der Waals surface area contributed by atoms with Gasteiger partial charge in [-0.05, 0) is 6.54 Å². The molecule has 5 atom stereocenters. The second-order valence-electron chi connectivity index (χ2n) is 4.56. The van der Waals surface area contributed by atoms with E-state index >= 15 is 0 Å². The van der Waals surface area contributed by atoms with Crippen LogP contribution in [0, 0.1) is 0 Å². The Morgan fingerprint density at radius 1 is 1.39 bits per heavy atom. The maximum atomic E-state index is 10.8. The first-order valence-corrected chi connectivity index (χ1v) is 6.09. The Morgan fingerprint density at radius 2 is 2.00 bits per heavy atom. The van der Waals surface area contributed by atoms with Crippen molar-refractivity contribution < 1.29 is 25.2 Å². The van der Waals surface area contributed by atoms with Gasteiger partial charge in [0.15, 0.2) is 0 Å². The van der Waals surface area contributed by atoms with Crippen molar-refractivity contribution in [2.45, 2.75) is 44.2 Å². The van der Waals surface area contributed by atoms with Gasteiger partial charge in [0.25, 0.3) is 0 Å². The first-order valence-electron chi connectivity index (χ1n) is 6.09. The van der Waals surface area contributed by atoms with Crippen LogP contribution in [0.4, 0.5) is 0 Å². The van der Waals surface area contributed by atoms with Gasteiger partial charge < -0.3 is 25.7 Å². The van der Waals surface area contributed by atoms with Crippen molar-refractivity contribution in [3.63, 3.8) is 0 Å². The number of likely N-dealkylation sites (N-methyl/N-ethyl adjacent to an activating group) is 1. The molecule has 0 aromatic heterocycles. The number of rotatable bonds is 5. The molecule has 1 rings (SSSR count). The van der Waals surface area contributed by atoms with Crippen LogP contribution in [0.25, 0.3) is 0 Å². The number of aliphatic hydroxyl groups excluding tert-OH is 4. The lowest BCUT2D eigenvalue weighted by Gasteiger charge is -2.31. The molecule has 0 saturated carbocycles. The highest BCUT2D eigenvalue weighted by molar-refractivity contribution is 5.72. The van der Waals surface area contributed by atoms with Gasteiger partial charge in [0, 0.05) is 13.5 Å². The molecule has 0 spiro atoms. The predicted octanol–water partition coefficient (Wildman–Crippen LogP) is -2.73. The van der Waals surface area contributed by atoms with Crippen LogP contribution in [0.2, 0.25) is 0 Å². The zero-order valence-corrected chi connectivity index (χ0v) is 10.7. The van der Waals surface area contributed by atoms with E-state index < -0.39 is 30.4 Å². The summed E-state index contributed by atoms with van der Waals surface area (Å²) in [5.74, 6) is -0.274. The average Bonchev–Trinajstić information content (AvgIpc) is 2.58. The third-order valence-corrected chi connectivity index (χ3v) is 3.41. The molecule has 5 N–H and O–H groups in total. The molecule has 106 valence electrons. The highest BCUT2D eigenvalue weighted by atomic mass is 16.3. The Hall–Kier alpha value is -0.730. The number of likely N-dealkylation sites (tertiary alicyclic amines) is 1. The average molecular weight is 262 g/mol. The van der Waals surface area contributed by atoms with Gasteiger partial charge in [-0.3, -0.25) is 9.69 Å². The topological polar surface area (TPSA) is 113 Å². The van der Waals surface area contributed by atoms with Crippen LogP contribution in [0.1, 0.15) is 13.8 Å². The van der Waals surface area contributed by atoms with Crippen LogP contribution in [-0.2, 0) is 4.79 Å². The number of carbonyl (C=O) groups excluding carboxylic acids is 1. The fraction of sp³-hybridized carbons (Fsp3) is 0.909. The molecule has 0 unspecified atom stereocenters. The zero-order valence-electron chi connectivity index (χ0n) is 10.7. The fourth-order valence-electron chi connectivity index (χ4n) is 2.52. The molecule has 0 bridgehead atoms. The quantitative estimate of drug-likeness (QED) is 0.368. The van der Waals surface area contributed by atoms with E-state index in [2.05, 4.69) is 5.32 Å². The van der Waals surface area contributed by atoms with Crippen LogP contribution in [0.5, 0.6) is 0 Å². The number of nitrogens with zero attached hydrogens (tertiary/aromatic N) is 1. The molecule has 0 radical (unpaired) electrons. The second kappa shape index (κ2) is 6.44. The molecular weight excluding hydrogens is 240 g/mol. The smallest absolute Gasteiger partial charge is 0.216 e. The Kier molecular flexibility index (Phi) is 5.48. The number of hydrogen-bond acceptors (Lipinski definition) is 6. The molecule has 1 heterocycles. The van der Waals surface area contributed by atoms with Crippen LogP contribution in [0.3, 0.4) is 0 Å². The fourth-order valence-corrected chi connectivity index (χ4v) is 2.52. The molecular formula is C11H22N2O5. The minimum Gasteiger partial charge on any atom is -0.395 e. The summed E-state index contributed by atoms with van der Waals surface area (Å²) >= 11 is 0. The highest BCUT2D eigenvalue weighted by Crippen LogP contribution is 2.27. The summed E-state index contributed by atoms with van der Waals surface area (Å²) in [6, 6.07) is -1.30. The van der Waals surface area contributed by atoms with E-state index in [9.17, 15) is 25.2 Å². The maximum absolute atomic E-state index is 10.8. The number of amides is 1. The molecule has 0 aromatic carbocycles. The van der Waals surface area contributed by atoms with Gasteiger partial charge in [0.1, 0.15) is 0 Å². The van der Waals surface area contributed by atoms with Crippen molar-refractivity contribution >= 4 is 5.91 Å². The summed E-state index contributed by atoms with van der Waals surface area (Å²) in [5.41, 5.74) is 0. The summed E-state index contributed by atoms with van der Waals surface area (Å²) in [5, 5.41) is 41.4. The standard InChI is InChI=1S/C11H22N2O5/c1-3-13-7(5-14)10(17)11(18)9(13)8(16)4-12-6(2)15/h7-11,14,16-18H,3-5H2,1-2H3,(H,12,15)/t7-,8-,9-,10-,11-/m1/s1. The first kappa shape index (κ1) is 15.3. The van der Waals surface area contributed by atoms with Crippen LogP contribution in [0.15, 0.2) is 0 Å². The number of aliphatic hydroxyl groups is 4. The number of carbonyl (C=O) groups is 1. The Bertz CT molecular complexity index is 289. The molecule has 1 fully saturated rings. The van der Waals surface area contributed by atoms with Gasteiger partial charge >= 0.3 is 0 Å². The van der Waals surface area contributed by atoms with Crippen LogP contribution < -0.4 is 5.32 Å². The lowest BCUT2D eigenvalue weighted by molar-refractivity contribution is -0.119. The summed E-state index contributed by atoms with van der Waals surface area (Å²) in [7, 11) is 0. The van der Waals surface area contributed by atoms with Crippen LogP contribution >= 0.6 is 0 Å². The van der Waals surface area contributed by atoms with Gasteiger partial charge in [0.2, 0.25) is 5.91 Å². The molecule has 7 heteroatoms. The van der Waals surface area contributed by atoms with Crippen molar-refractivity contribution in [2.75, 3.05) is 19.7 Å². The first-order chi connectivity index (χ1) is 8.43. The van der Waals surface area contributed by atoms with E-state index in [0.29, 0.717) is 6.54 Å². The molecule has 7 nitrogen and oxygen atoms in total. The van der Waals surface area contributed by atoms with E-state index in [0.717, 1.165) is 0 Å². The zero-order chi connectivity index (χ0) is 13.9. The van der Waals surface area contributed by atoms with Crippen molar-refractivity contribution in [3.8, 4) is 0 Å². The van der Waals surface area contributed by atoms with Gasteiger partial charge in [-0.25, -0.2) is 0 Å². The SMILES string of the molecule is CCN1[C@H]([C@H](O)CNC(C)=O)[C@@H](O)[C@H](O)[C@H]1CO. The second-order valence-corrected chi connectivity index (χ2v) is 4.56. The van der Waals surface area contributed by atoms with Gasteiger partial charge in [-0.2, -0.15) is 0 Å². The Balaban J connectivity index is 2.75. The third kappa shape index (κ3) is 2.99. The minimum absolute atomic E-state index is 0.00156. The minimum atomic E-state index is -1.15. The molecule has 1 saturated heterocycles. The predicted molar refractivity (Wildman–Crippen MR) is 63.7 cm³/mol. The molecule has 1 aliphatic rings. The lowest BCUT2D eigenvalue weighted by Crippen LogP contribution is -2.51. The summed E-state index contributed by atoms with van der Waals surface area (Å²) in [6.45, 7) is 3.32. The van der Waals surface area contributed by atoms with Crippen molar-refractivity contribution in [1.82, 2.24) is 10.2 Å². The molecule has 0 aliphatic carbocycles. The Morgan fingerprint density at radius 3 is 2.44 bits per heavy atom. The summed E-state index contributed by atoms with van der Waals surface area (Å²) in [4.78, 5) is 12.4. The summed E-state index contributed by atoms with van der Waals surface area (Å²) in [6.07, 6.45) is -3.26. The van der Waals surface area contributed by atoms with E-state index in [1.165, 1.54) is 6.92 Å². The van der Waals surface area contributed by atoms with E-state index in [4.69, 9.17) is 0 Å². The third-order valence-electron chi connectivity index (χ3n) is 3.41. The van der Waals surface area contributed by atoms with Gasteiger partial charge in [0.05, 0.1) is 37.0 Å². The maximum Gasteiger partial charge on any atom is 0.216 e. The van der Waals surface area contributed by atoms with Gasteiger partial charge in [-0.1, -0.05) is 6.92 Å². The molecule has 0 aromatic rings. The number of nitrogens with one attached hydrogen (secondary N) is 1. The van der Waals surface area contributed by atoms with Crippen molar-refractivity contribution in [3.05, 3.63) is 0 Å². The summed E-state index contributed by atoms with van der Waals surface area (Å²) < 4.78 is 0. The molecule has 1 aliphatic heterocycles. The molecule has 18 heavy (non-hydrogen) atoms. The van der Waals surface area contributed by atoms with Crippen molar-refractivity contribution in [1.29, 1.82) is 0 Å². The lowest BCUT2D eigenvalue weighted by atomic mass is 10.0. The van der Waals surface area contributed by atoms with Crippen molar-refractivity contribution in [2.24, 2.45) is 0 Å². The normalized spacial score (nSPS) is 34.6. The Labute approximate surface area is 106 Å². The monoisotopic (exact) mass is 262 g/mol. The highest BCUT2D eigenvalue weighted by Gasteiger charge is 2.49. The number of hydrogen-bond donors (Lipinski definition) is 5. The molecule has 1 amide bonds. The van der Waals surface area contributed by atoms with E-state index in [1.807, 2.05) is 6.92 Å².